The van der Waals surface area contributed by atoms with Gasteiger partial charge in [0.15, 0.2) is 5.49 Å². The molecule has 0 amide bonds. The molecule has 1 aliphatic heterocycles. The highest BCUT2D eigenvalue weighted by Crippen LogP contribution is 2.22. The van der Waals surface area contributed by atoms with Crippen LogP contribution in [0.1, 0.15) is 19.3 Å². The van der Waals surface area contributed by atoms with Crippen molar-refractivity contribution in [3.63, 3.8) is 0 Å². The van der Waals surface area contributed by atoms with Crippen molar-refractivity contribution in [3.8, 4) is 0 Å². The Morgan fingerprint density at radius 2 is 1.93 bits per heavy atom. The fraction of sp³-hybridized carbons (Fsp3) is 0.500. The molecule has 5 nitrogen and oxygen atoms in total. The number of hydrogen-bond acceptors (Lipinski definition) is 4. The molecule has 0 spiro atoms. The average Bonchev–Trinajstić information content (AvgIpc) is 2.27. The van der Waals surface area contributed by atoms with E-state index in [0.717, 1.165) is 23.5 Å². The largest absolute Gasteiger partial charge is 0.427 e. The van der Waals surface area contributed by atoms with Gasteiger partial charge in [-0.3, -0.25) is 5.41 Å². The molecule has 2 heterocycles. The lowest BCUT2D eigenvalue weighted by molar-refractivity contribution is 0.171. The molecule has 0 unspecified atom stereocenters. The van der Waals surface area contributed by atoms with E-state index in [1.165, 1.54) is 25.5 Å². The molecule has 1 aromatic rings. The summed E-state index contributed by atoms with van der Waals surface area (Å²) in [5.41, 5.74) is 6.98. The van der Waals surface area contributed by atoms with Crippen molar-refractivity contribution in [3.05, 3.63) is 17.8 Å². The summed E-state index contributed by atoms with van der Waals surface area (Å²) >= 11 is 0. The van der Waals surface area contributed by atoms with Crippen LogP contribution in [-0.2, 0) is 0 Å². The van der Waals surface area contributed by atoms with Gasteiger partial charge in [0.1, 0.15) is 5.69 Å². The molecule has 0 aliphatic carbocycles. The fourth-order valence-electron chi connectivity index (χ4n) is 1.96. The highest BCUT2D eigenvalue weighted by molar-refractivity contribution is 5.65. The molecule has 1 aromatic heterocycles. The van der Waals surface area contributed by atoms with E-state index < -0.39 is 0 Å². The van der Waals surface area contributed by atoms with Crippen LogP contribution in [0.25, 0.3) is 0 Å². The van der Waals surface area contributed by atoms with E-state index in [9.17, 15) is 5.21 Å². The Balaban J connectivity index is 2.35. The smallest absolute Gasteiger partial charge is 0.185 e. The van der Waals surface area contributed by atoms with Gasteiger partial charge in [0.2, 0.25) is 0 Å². The molecule has 4 N–H and O–H groups in total. The first-order chi connectivity index (χ1) is 7.20. The molecule has 2 rings (SSSR count). The first-order valence-electron chi connectivity index (χ1n) is 5.20. The first-order valence-corrected chi connectivity index (χ1v) is 5.20. The summed E-state index contributed by atoms with van der Waals surface area (Å²) in [5, 5.41) is 16.8. The number of nitrogens with zero attached hydrogens (tertiary/aromatic N) is 2. The van der Waals surface area contributed by atoms with Gasteiger partial charge < -0.3 is 15.8 Å². The molecule has 0 saturated carbocycles. The molecule has 0 bridgehead atoms. The summed E-state index contributed by atoms with van der Waals surface area (Å²) in [7, 11) is 0. The lowest BCUT2D eigenvalue weighted by atomic mass is 10.1. The highest BCUT2D eigenvalue weighted by Gasteiger charge is 2.14. The van der Waals surface area contributed by atoms with Gasteiger partial charge in [0.05, 0.1) is 5.69 Å². The quantitative estimate of drug-likeness (QED) is 0.597. The summed E-state index contributed by atoms with van der Waals surface area (Å²) in [6.07, 6.45) is 5.06. The summed E-state index contributed by atoms with van der Waals surface area (Å²) < 4.78 is 0.739. The van der Waals surface area contributed by atoms with E-state index in [1.807, 2.05) is 0 Å². The maximum absolute atomic E-state index is 9.25. The van der Waals surface area contributed by atoms with Crippen molar-refractivity contribution in [2.45, 2.75) is 19.3 Å². The zero-order chi connectivity index (χ0) is 10.8. The van der Waals surface area contributed by atoms with Crippen LogP contribution in [0, 0.1) is 5.41 Å². The summed E-state index contributed by atoms with van der Waals surface area (Å²) in [4.78, 5) is 2.18. The molecule has 1 saturated heterocycles. The minimum absolute atomic E-state index is 0.0435. The Morgan fingerprint density at radius 3 is 2.60 bits per heavy atom. The number of hydrogen-bond donors (Lipinski definition) is 3. The van der Waals surface area contributed by atoms with Crippen molar-refractivity contribution in [2.24, 2.45) is 0 Å². The normalized spacial score (nSPS) is 16.7. The van der Waals surface area contributed by atoms with Gasteiger partial charge in [-0.25, -0.2) is 0 Å². The zero-order valence-corrected chi connectivity index (χ0v) is 8.61. The van der Waals surface area contributed by atoms with Gasteiger partial charge in [-0.1, -0.05) is 0 Å². The summed E-state index contributed by atoms with van der Waals surface area (Å²) in [6, 6.07) is 1.76. The number of nitrogens with two attached hydrogens (primary N) is 1. The predicted octanol–water partition coefficient (Wildman–Crippen LogP) is 0.777. The lowest BCUT2D eigenvalue weighted by Crippen LogP contribution is -2.32. The van der Waals surface area contributed by atoms with E-state index in [1.54, 1.807) is 6.07 Å². The fourth-order valence-corrected chi connectivity index (χ4v) is 1.96. The van der Waals surface area contributed by atoms with Crippen LogP contribution in [0.3, 0.4) is 0 Å². The van der Waals surface area contributed by atoms with E-state index in [0.29, 0.717) is 5.69 Å². The minimum atomic E-state index is -0.0435. The van der Waals surface area contributed by atoms with Crippen LogP contribution in [0.2, 0.25) is 0 Å². The third-order valence-electron chi connectivity index (χ3n) is 2.83. The zero-order valence-electron chi connectivity index (χ0n) is 8.61. The van der Waals surface area contributed by atoms with E-state index in [-0.39, 0.29) is 5.49 Å². The standard InChI is InChI=1S/C10H16N4O/c11-9-8(4-7-14(15)10(9)12)13-5-2-1-3-6-13/h4,7,12,15H,1-3,5-6,11H2. The van der Waals surface area contributed by atoms with Crippen molar-refractivity contribution in [1.29, 1.82) is 5.41 Å². The summed E-state index contributed by atoms with van der Waals surface area (Å²) in [6.45, 7) is 1.97. The molecule has 82 valence electrons. The van der Waals surface area contributed by atoms with Gasteiger partial charge >= 0.3 is 0 Å². The second-order valence-electron chi connectivity index (χ2n) is 3.86. The number of nitrogen functional groups attached to an aromatic ring is 1. The number of anilines is 2. The number of pyridine rings is 1. The van der Waals surface area contributed by atoms with Crippen LogP contribution >= 0.6 is 0 Å². The molecule has 1 fully saturated rings. The highest BCUT2D eigenvalue weighted by atomic mass is 16.5. The maximum atomic E-state index is 9.25. The van der Waals surface area contributed by atoms with Crippen LogP contribution in [0.4, 0.5) is 11.4 Å². The molecule has 0 atom stereocenters. The molecular weight excluding hydrogens is 192 g/mol. The van der Waals surface area contributed by atoms with Crippen molar-refractivity contribution >= 4 is 11.4 Å². The predicted molar refractivity (Wildman–Crippen MR) is 57.9 cm³/mol. The van der Waals surface area contributed by atoms with E-state index >= 15 is 0 Å². The number of aromatic nitrogens is 1. The Kier molecular flexibility index (Phi) is 2.53. The second-order valence-corrected chi connectivity index (χ2v) is 3.86. The van der Waals surface area contributed by atoms with Gasteiger partial charge in [0.25, 0.3) is 0 Å². The van der Waals surface area contributed by atoms with Crippen molar-refractivity contribution < 1.29 is 5.21 Å². The van der Waals surface area contributed by atoms with Crippen molar-refractivity contribution in [2.75, 3.05) is 23.7 Å². The van der Waals surface area contributed by atoms with Crippen LogP contribution in [-0.4, -0.2) is 23.0 Å². The van der Waals surface area contributed by atoms with Gasteiger partial charge in [0, 0.05) is 19.3 Å². The average molecular weight is 208 g/mol. The Morgan fingerprint density at radius 1 is 1.27 bits per heavy atom. The molecule has 15 heavy (non-hydrogen) atoms. The third-order valence-corrected chi connectivity index (χ3v) is 2.83. The van der Waals surface area contributed by atoms with Crippen molar-refractivity contribution in [1.82, 2.24) is 4.73 Å². The topological polar surface area (TPSA) is 78.3 Å². The van der Waals surface area contributed by atoms with E-state index in [2.05, 4.69) is 4.90 Å². The third kappa shape index (κ3) is 1.77. The van der Waals surface area contributed by atoms with Gasteiger partial charge in [-0.2, -0.15) is 4.73 Å². The summed E-state index contributed by atoms with van der Waals surface area (Å²) in [5.74, 6) is 0. The first kappa shape index (κ1) is 9.89. The lowest BCUT2D eigenvalue weighted by Gasteiger charge is -2.29. The second kappa shape index (κ2) is 3.84. The van der Waals surface area contributed by atoms with Crippen LogP contribution < -0.4 is 16.1 Å². The molecule has 5 heteroatoms. The molecule has 0 radical (unpaired) electrons. The SMILES string of the molecule is N=c1c(N)c(N2CCCCC2)ccn1O. The number of nitrogens with one attached hydrogen (secondary N) is 1. The van der Waals surface area contributed by atoms with Crippen LogP contribution in [0.15, 0.2) is 12.3 Å². The molecular formula is C10H16N4O. The van der Waals surface area contributed by atoms with Gasteiger partial charge in [-0.05, 0) is 25.3 Å². The van der Waals surface area contributed by atoms with E-state index in [4.69, 9.17) is 11.1 Å². The Hall–Kier alpha value is -1.65. The Labute approximate surface area is 88.2 Å². The maximum Gasteiger partial charge on any atom is 0.185 e. The number of piperidine rings is 1. The monoisotopic (exact) mass is 208 g/mol. The van der Waals surface area contributed by atoms with Gasteiger partial charge in [-0.15, -0.1) is 0 Å². The molecule has 0 aromatic carbocycles. The number of rotatable bonds is 1. The Bertz CT molecular complexity index is 406. The molecule has 1 aliphatic rings. The minimum Gasteiger partial charge on any atom is -0.427 e. The van der Waals surface area contributed by atoms with Crippen LogP contribution in [0.5, 0.6) is 0 Å².